The highest BCUT2D eigenvalue weighted by atomic mass is 16.2. The van der Waals surface area contributed by atoms with Crippen LogP contribution in [0.2, 0.25) is 0 Å². The van der Waals surface area contributed by atoms with Crippen LogP contribution < -0.4 is 16.0 Å². The zero-order valence-electron chi connectivity index (χ0n) is 11.9. The van der Waals surface area contributed by atoms with Gasteiger partial charge < -0.3 is 16.0 Å². The van der Waals surface area contributed by atoms with Crippen LogP contribution in [0.4, 0.5) is 4.79 Å². The van der Waals surface area contributed by atoms with Gasteiger partial charge in [0, 0.05) is 31.1 Å². The van der Waals surface area contributed by atoms with Crippen LogP contribution >= 0.6 is 0 Å². The number of nitrogens with zero attached hydrogens (tertiary/aromatic N) is 2. The second-order valence-corrected chi connectivity index (χ2v) is 4.91. The van der Waals surface area contributed by atoms with E-state index >= 15 is 0 Å². The maximum Gasteiger partial charge on any atom is 0.319 e. The van der Waals surface area contributed by atoms with Crippen LogP contribution in [-0.2, 0) is 4.79 Å². The molecule has 0 saturated carbocycles. The van der Waals surface area contributed by atoms with E-state index in [0.717, 1.165) is 5.57 Å². The molecule has 2 unspecified atom stereocenters. The van der Waals surface area contributed by atoms with E-state index in [1.807, 2.05) is 13.0 Å². The standard InChI is InChI=1S/C14H19N5O2/c1-3-12(20)16-5-4-10(2)8-19-13-11(6-15-9-18-13)7-17-14(19)21/h3-6,9-10,13H,1,7-8H2,2H3,(H,15,18)(H,16,20)(H,17,21)/b5-4+. The van der Waals surface area contributed by atoms with Crippen molar-refractivity contribution in [2.24, 2.45) is 10.9 Å². The van der Waals surface area contributed by atoms with Crippen molar-refractivity contribution in [3.05, 3.63) is 36.7 Å². The van der Waals surface area contributed by atoms with Gasteiger partial charge in [0.25, 0.3) is 0 Å². The SMILES string of the molecule is C=CC(=O)N/C=C/C(C)CN1C(=O)NCC2=CN=CNC21. The maximum atomic E-state index is 12.0. The van der Waals surface area contributed by atoms with E-state index in [4.69, 9.17) is 0 Å². The summed E-state index contributed by atoms with van der Waals surface area (Å²) in [6, 6.07) is -0.115. The predicted octanol–water partition coefficient (Wildman–Crippen LogP) is 0.305. The van der Waals surface area contributed by atoms with Crippen molar-refractivity contribution in [3.8, 4) is 0 Å². The molecule has 0 spiro atoms. The molecule has 3 N–H and O–H groups in total. The van der Waals surface area contributed by atoms with Gasteiger partial charge in [-0.25, -0.2) is 9.79 Å². The first-order valence-electron chi connectivity index (χ1n) is 6.72. The number of fused-ring (bicyclic) bond motifs is 1. The number of aliphatic imine (C=N–C) groups is 1. The highest BCUT2D eigenvalue weighted by Gasteiger charge is 2.32. The summed E-state index contributed by atoms with van der Waals surface area (Å²) >= 11 is 0. The molecule has 0 radical (unpaired) electrons. The quantitative estimate of drug-likeness (QED) is 0.637. The number of urea groups is 1. The lowest BCUT2D eigenvalue weighted by molar-refractivity contribution is -0.115. The molecule has 7 nitrogen and oxygen atoms in total. The van der Waals surface area contributed by atoms with Crippen molar-refractivity contribution in [2.75, 3.05) is 13.1 Å². The van der Waals surface area contributed by atoms with E-state index in [-0.39, 0.29) is 24.0 Å². The maximum absolute atomic E-state index is 12.0. The van der Waals surface area contributed by atoms with Gasteiger partial charge in [-0.3, -0.25) is 9.69 Å². The molecular weight excluding hydrogens is 270 g/mol. The smallest absolute Gasteiger partial charge is 0.319 e. The molecule has 2 heterocycles. The van der Waals surface area contributed by atoms with Crippen molar-refractivity contribution < 1.29 is 9.59 Å². The lowest BCUT2D eigenvalue weighted by Crippen LogP contribution is -2.60. The zero-order chi connectivity index (χ0) is 15.2. The highest BCUT2D eigenvalue weighted by Crippen LogP contribution is 2.17. The molecule has 2 aliphatic heterocycles. The third-order valence-corrected chi connectivity index (χ3v) is 3.24. The number of rotatable bonds is 5. The lowest BCUT2D eigenvalue weighted by Gasteiger charge is -2.39. The molecule has 0 bridgehead atoms. The number of hydrogen-bond acceptors (Lipinski definition) is 4. The summed E-state index contributed by atoms with van der Waals surface area (Å²) in [6.07, 6.45) is 7.81. The number of nitrogens with one attached hydrogen (secondary N) is 3. The van der Waals surface area contributed by atoms with Crippen LogP contribution in [0.5, 0.6) is 0 Å². The second-order valence-electron chi connectivity index (χ2n) is 4.91. The summed E-state index contributed by atoms with van der Waals surface area (Å²) in [4.78, 5) is 28.8. The summed E-state index contributed by atoms with van der Waals surface area (Å²) < 4.78 is 0. The zero-order valence-corrected chi connectivity index (χ0v) is 11.9. The van der Waals surface area contributed by atoms with Gasteiger partial charge in [-0.1, -0.05) is 19.6 Å². The fraction of sp³-hybridized carbons (Fsp3) is 0.357. The number of carbonyl (C=O) groups is 2. The van der Waals surface area contributed by atoms with Crippen molar-refractivity contribution >= 4 is 18.3 Å². The van der Waals surface area contributed by atoms with Gasteiger partial charge in [-0.15, -0.1) is 0 Å². The topological polar surface area (TPSA) is 85.8 Å². The van der Waals surface area contributed by atoms with Gasteiger partial charge in [0.2, 0.25) is 5.91 Å². The number of carbonyl (C=O) groups excluding carboxylic acids is 2. The predicted molar refractivity (Wildman–Crippen MR) is 80.2 cm³/mol. The Labute approximate surface area is 123 Å². The lowest BCUT2D eigenvalue weighted by atomic mass is 10.1. The van der Waals surface area contributed by atoms with Gasteiger partial charge in [-0.2, -0.15) is 0 Å². The molecule has 2 rings (SSSR count). The minimum Gasteiger partial charge on any atom is -0.352 e. The van der Waals surface area contributed by atoms with Gasteiger partial charge in [0.15, 0.2) is 0 Å². The number of hydrogen-bond donors (Lipinski definition) is 3. The summed E-state index contributed by atoms with van der Waals surface area (Å²) in [5.41, 5.74) is 1.02. The second kappa shape index (κ2) is 6.74. The molecule has 21 heavy (non-hydrogen) atoms. The van der Waals surface area contributed by atoms with Crippen molar-refractivity contribution in [2.45, 2.75) is 13.1 Å². The van der Waals surface area contributed by atoms with Crippen LogP contribution in [0.15, 0.2) is 41.7 Å². The van der Waals surface area contributed by atoms with Crippen LogP contribution in [0, 0.1) is 5.92 Å². The van der Waals surface area contributed by atoms with E-state index in [0.29, 0.717) is 13.1 Å². The van der Waals surface area contributed by atoms with Gasteiger partial charge >= 0.3 is 6.03 Å². The van der Waals surface area contributed by atoms with Crippen molar-refractivity contribution in [1.29, 1.82) is 0 Å². The average molecular weight is 289 g/mol. The average Bonchev–Trinajstić information content (AvgIpc) is 2.50. The number of amides is 3. The fourth-order valence-electron chi connectivity index (χ4n) is 2.17. The fourth-order valence-corrected chi connectivity index (χ4v) is 2.17. The molecule has 0 aromatic carbocycles. The Hall–Kier alpha value is -2.57. The van der Waals surface area contributed by atoms with Gasteiger partial charge in [0.05, 0.1) is 6.34 Å². The van der Waals surface area contributed by atoms with Crippen LogP contribution in [0.1, 0.15) is 6.92 Å². The van der Waals surface area contributed by atoms with E-state index in [9.17, 15) is 9.59 Å². The summed E-state index contributed by atoms with van der Waals surface area (Å²) in [5.74, 6) is -0.176. The normalized spacial score (nSPS) is 22.0. The minimum atomic E-state index is -0.260. The summed E-state index contributed by atoms with van der Waals surface area (Å²) in [6.45, 7) is 6.37. The summed E-state index contributed by atoms with van der Waals surface area (Å²) in [5, 5.41) is 8.47. The molecule has 2 aliphatic rings. The molecule has 112 valence electrons. The molecule has 2 atom stereocenters. The van der Waals surface area contributed by atoms with Gasteiger partial charge in [-0.05, 0) is 12.0 Å². The van der Waals surface area contributed by atoms with Crippen molar-refractivity contribution in [3.63, 3.8) is 0 Å². The third kappa shape index (κ3) is 3.71. The largest absolute Gasteiger partial charge is 0.352 e. The molecule has 0 aromatic heterocycles. The molecule has 1 saturated heterocycles. The van der Waals surface area contributed by atoms with E-state index in [2.05, 4.69) is 27.5 Å². The van der Waals surface area contributed by atoms with Gasteiger partial charge in [0.1, 0.15) is 6.17 Å². The first-order chi connectivity index (χ1) is 10.1. The monoisotopic (exact) mass is 289 g/mol. The molecule has 3 amide bonds. The molecule has 7 heteroatoms. The Kier molecular flexibility index (Phi) is 4.76. The van der Waals surface area contributed by atoms with E-state index in [1.165, 1.54) is 6.08 Å². The Morgan fingerprint density at radius 1 is 1.71 bits per heavy atom. The Bertz CT molecular complexity index is 523. The first-order valence-corrected chi connectivity index (χ1v) is 6.72. The van der Waals surface area contributed by atoms with Crippen LogP contribution in [0.25, 0.3) is 0 Å². The first kappa shape index (κ1) is 14.8. The molecular formula is C14H19N5O2. The molecule has 1 fully saturated rings. The highest BCUT2D eigenvalue weighted by molar-refractivity contribution is 5.87. The van der Waals surface area contributed by atoms with Crippen molar-refractivity contribution in [1.82, 2.24) is 20.9 Å². The Morgan fingerprint density at radius 3 is 3.29 bits per heavy atom. The Morgan fingerprint density at radius 2 is 2.52 bits per heavy atom. The summed E-state index contributed by atoms with van der Waals surface area (Å²) in [7, 11) is 0. The minimum absolute atomic E-state index is 0.0841. The van der Waals surface area contributed by atoms with Crippen LogP contribution in [0.3, 0.4) is 0 Å². The van der Waals surface area contributed by atoms with E-state index < -0.39 is 0 Å². The third-order valence-electron chi connectivity index (χ3n) is 3.24. The molecule has 0 aliphatic carbocycles. The van der Waals surface area contributed by atoms with E-state index in [1.54, 1.807) is 23.6 Å². The van der Waals surface area contributed by atoms with Crippen LogP contribution in [-0.4, -0.2) is 42.4 Å². The Balaban J connectivity index is 1.95. The molecule has 0 aromatic rings.